The Bertz CT molecular complexity index is 646. The Morgan fingerprint density at radius 3 is 2.36 bits per heavy atom. The first-order valence-corrected chi connectivity index (χ1v) is 8.84. The van der Waals surface area contributed by atoms with Gasteiger partial charge in [-0.2, -0.15) is 0 Å². The molecule has 0 spiro atoms. The number of halogens is 1. The maximum Gasteiger partial charge on any atom is 0.121 e. The van der Waals surface area contributed by atoms with Crippen molar-refractivity contribution in [2.45, 2.75) is 43.9 Å². The summed E-state index contributed by atoms with van der Waals surface area (Å²) in [6.45, 7) is 0. The third-order valence-corrected chi connectivity index (χ3v) is 5.17. The highest BCUT2D eigenvalue weighted by Gasteiger charge is 2.34. The lowest BCUT2D eigenvalue weighted by Gasteiger charge is -2.29. The molecule has 2 bridgehead atoms. The Kier molecular flexibility index (Phi) is 3.93. The van der Waals surface area contributed by atoms with Gasteiger partial charge < -0.3 is 10.1 Å². The highest BCUT2D eigenvalue weighted by molar-refractivity contribution is 9.10. The van der Waals surface area contributed by atoms with E-state index in [0.717, 1.165) is 23.1 Å². The van der Waals surface area contributed by atoms with Gasteiger partial charge in [0.1, 0.15) is 11.9 Å². The minimum atomic E-state index is 0.344. The highest BCUT2D eigenvalue weighted by atomic mass is 79.9. The molecule has 0 radical (unpaired) electrons. The third kappa shape index (κ3) is 3.06. The van der Waals surface area contributed by atoms with Crippen LogP contribution in [0.5, 0.6) is 5.75 Å². The van der Waals surface area contributed by atoms with Crippen molar-refractivity contribution < 1.29 is 4.74 Å². The summed E-state index contributed by atoms with van der Waals surface area (Å²) in [6.07, 6.45) is 5.21. The number of piperidine rings is 1. The first-order chi connectivity index (χ1) is 10.8. The number of ether oxygens (including phenoxy) is 1. The first kappa shape index (κ1) is 14.3. The van der Waals surface area contributed by atoms with E-state index in [0.29, 0.717) is 18.2 Å². The Balaban J connectivity index is 1.56. The van der Waals surface area contributed by atoms with E-state index in [1.54, 1.807) is 0 Å². The van der Waals surface area contributed by atoms with Crippen LogP contribution in [0.3, 0.4) is 0 Å². The molecule has 2 nitrogen and oxygen atoms in total. The number of nitrogens with one attached hydrogen (secondary N) is 1. The molecule has 114 valence electrons. The monoisotopic (exact) mass is 357 g/mol. The predicted molar refractivity (Wildman–Crippen MR) is 93.2 cm³/mol. The van der Waals surface area contributed by atoms with Crippen LogP contribution in [0, 0.1) is 0 Å². The third-order valence-electron chi connectivity index (χ3n) is 4.71. The SMILES string of the molecule is Brc1cc(OC2CC3CCC(C2)N3)cc(-c2ccccc2)c1. The molecule has 0 aliphatic carbocycles. The van der Waals surface area contributed by atoms with Crippen molar-refractivity contribution >= 4 is 15.9 Å². The van der Waals surface area contributed by atoms with Gasteiger partial charge in [-0.3, -0.25) is 0 Å². The molecular weight excluding hydrogens is 338 g/mol. The summed E-state index contributed by atoms with van der Waals surface area (Å²) in [5, 5.41) is 3.67. The zero-order valence-electron chi connectivity index (χ0n) is 12.5. The summed E-state index contributed by atoms with van der Waals surface area (Å²) in [7, 11) is 0. The first-order valence-electron chi connectivity index (χ1n) is 8.05. The van der Waals surface area contributed by atoms with Gasteiger partial charge in [0.25, 0.3) is 0 Å². The molecule has 0 aromatic heterocycles. The van der Waals surface area contributed by atoms with E-state index < -0.39 is 0 Å². The van der Waals surface area contributed by atoms with E-state index in [1.165, 1.54) is 24.0 Å². The maximum atomic E-state index is 6.31. The molecule has 2 atom stereocenters. The second-order valence-corrected chi connectivity index (χ2v) is 7.31. The normalized spacial score (nSPS) is 26.9. The summed E-state index contributed by atoms with van der Waals surface area (Å²) in [5.41, 5.74) is 2.42. The smallest absolute Gasteiger partial charge is 0.121 e. The average molecular weight is 358 g/mol. The van der Waals surface area contributed by atoms with Crippen molar-refractivity contribution in [3.63, 3.8) is 0 Å². The van der Waals surface area contributed by atoms with E-state index in [4.69, 9.17) is 4.74 Å². The Hall–Kier alpha value is -1.32. The molecule has 2 heterocycles. The minimum absolute atomic E-state index is 0.344. The molecule has 4 rings (SSSR count). The number of fused-ring (bicyclic) bond motifs is 2. The second-order valence-electron chi connectivity index (χ2n) is 6.39. The number of rotatable bonds is 3. The van der Waals surface area contributed by atoms with Gasteiger partial charge in [0, 0.05) is 16.6 Å². The Morgan fingerprint density at radius 1 is 0.909 bits per heavy atom. The lowest BCUT2D eigenvalue weighted by atomic mass is 10.0. The van der Waals surface area contributed by atoms with Crippen LogP contribution in [0.2, 0.25) is 0 Å². The molecule has 2 fully saturated rings. The topological polar surface area (TPSA) is 21.3 Å². The van der Waals surface area contributed by atoms with Crippen molar-refractivity contribution in [2.24, 2.45) is 0 Å². The van der Waals surface area contributed by atoms with Crippen molar-refractivity contribution in [3.05, 3.63) is 53.0 Å². The molecule has 2 saturated heterocycles. The molecule has 2 aliphatic rings. The van der Waals surface area contributed by atoms with E-state index in [1.807, 2.05) is 6.07 Å². The second kappa shape index (κ2) is 6.05. The van der Waals surface area contributed by atoms with Crippen LogP contribution in [-0.2, 0) is 0 Å². The van der Waals surface area contributed by atoms with E-state index >= 15 is 0 Å². The Labute approximate surface area is 140 Å². The van der Waals surface area contributed by atoms with Gasteiger partial charge in [-0.1, -0.05) is 46.3 Å². The van der Waals surface area contributed by atoms with Crippen molar-refractivity contribution in [3.8, 4) is 16.9 Å². The lowest BCUT2D eigenvalue weighted by Crippen LogP contribution is -2.42. The van der Waals surface area contributed by atoms with Crippen LogP contribution < -0.4 is 10.1 Å². The fourth-order valence-electron chi connectivity index (χ4n) is 3.72. The Morgan fingerprint density at radius 2 is 1.64 bits per heavy atom. The quantitative estimate of drug-likeness (QED) is 0.853. The van der Waals surface area contributed by atoms with E-state index in [9.17, 15) is 0 Å². The number of hydrogen-bond donors (Lipinski definition) is 1. The van der Waals surface area contributed by atoms with Crippen LogP contribution in [0.15, 0.2) is 53.0 Å². The molecule has 2 aliphatic heterocycles. The van der Waals surface area contributed by atoms with Gasteiger partial charge in [-0.15, -0.1) is 0 Å². The summed E-state index contributed by atoms with van der Waals surface area (Å²) < 4.78 is 7.38. The molecule has 22 heavy (non-hydrogen) atoms. The van der Waals surface area contributed by atoms with Crippen molar-refractivity contribution in [1.82, 2.24) is 5.32 Å². The van der Waals surface area contributed by atoms with E-state index in [-0.39, 0.29) is 0 Å². The van der Waals surface area contributed by atoms with Gasteiger partial charge in [0.2, 0.25) is 0 Å². The summed E-state index contributed by atoms with van der Waals surface area (Å²) >= 11 is 3.62. The molecule has 2 aromatic rings. The van der Waals surface area contributed by atoms with Crippen LogP contribution in [0.4, 0.5) is 0 Å². The molecule has 0 saturated carbocycles. The molecule has 3 heteroatoms. The van der Waals surface area contributed by atoms with Crippen LogP contribution in [0.1, 0.15) is 25.7 Å². The summed E-state index contributed by atoms with van der Waals surface area (Å²) in [4.78, 5) is 0. The molecule has 1 N–H and O–H groups in total. The van der Waals surface area contributed by atoms with Gasteiger partial charge in [0.05, 0.1) is 0 Å². The average Bonchev–Trinajstić information content (AvgIpc) is 2.86. The fraction of sp³-hybridized carbons (Fsp3) is 0.368. The summed E-state index contributed by atoms with van der Waals surface area (Å²) in [6, 6.07) is 18.2. The highest BCUT2D eigenvalue weighted by Crippen LogP contribution is 2.33. The van der Waals surface area contributed by atoms with E-state index in [2.05, 4.69) is 63.7 Å². The van der Waals surface area contributed by atoms with Gasteiger partial charge >= 0.3 is 0 Å². The molecular formula is C19H20BrNO. The van der Waals surface area contributed by atoms with Crippen molar-refractivity contribution in [2.75, 3.05) is 0 Å². The van der Waals surface area contributed by atoms with Crippen LogP contribution >= 0.6 is 15.9 Å². The standard InChI is InChI=1S/C19H20BrNO/c20-15-8-14(13-4-2-1-3-5-13)9-18(10-15)22-19-11-16-6-7-17(12-19)21-16/h1-5,8-10,16-17,19,21H,6-7,11-12H2. The number of benzene rings is 2. The molecule has 2 unspecified atom stereocenters. The van der Waals surface area contributed by atoms with Gasteiger partial charge in [-0.25, -0.2) is 0 Å². The largest absolute Gasteiger partial charge is 0.490 e. The number of hydrogen-bond acceptors (Lipinski definition) is 2. The molecule has 2 aromatic carbocycles. The van der Waals surface area contributed by atoms with Crippen LogP contribution in [0.25, 0.3) is 11.1 Å². The van der Waals surface area contributed by atoms with Crippen molar-refractivity contribution in [1.29, 1.82) is 0 Å². The minimum Gasteiger partial charge on any atom is -0.490 e. The zero-order valence-corrected chi connectivity index (χ0v) is 14.1. The lowest BCUT2D eigenvalue weighted by molar-refractivity contribution is 0.137. The zero-order chi connectivity index (χ0) is 14.9. The van der Waals surface area contributed by atoms with Crippen LogP contribution in [-0.4, -0.2) is 18.2 Å². The fourth-order valence-corrected chi connectivity index (χ4v) is 4.19. The molecule has 0 amide bonds. The van der Waals surface area contributed by atoms with Gasteiger partial charge in [0.15, 0.2) is 0 Å². The maximum absolute atomic E-state index is 6.31. The predicted octanol–water partition coefficient (Wildman–Crippen LogP) is 4.78. The summed E-state index contributed by atoms with van der Waals surface area (Å²) in [5.74, 6) is 0.972. The van der Waals surface area contributed by atoms with Gasteiger partial charge in [-0.05, 0) is 55.0 Å².